The summed E-state index contributed by atoms with van der Waals surface area (Å²) < 4.78 is 11.4. The van der Waals surface area contributed by atoms with Crippen LogP contribution in [0.5, 0.6) is 0 Å². The van der Waals surface area contributed by atoms with Crippen molar-refractivity contribution < 1.29 is 13.6 Å². The minimum atomic E-state index is -0.701. The molecule has 27 heavy (non-hydrogen) atoms. The van der Waals surface area contributed by atoms with Crippen molar-refractivity contribution in [2.24, 2.45) is 0 Å². The summed E-state index contributed by atoms with van der Waals surface area (Å²) in [6, 6.07) is 9.72. The minimum Gasteiger partial charge on any atom is -0.467 e. The van der Waals surface area contributed by atoms with Crippen LogP contribution in [0.4, 0.5) is 5.13 Å². The standard InChI is InChI=1S/C20H14N2O4S/c1-10-11(2)27-20(21-10)22-16(14-8-5-9-25-14)15-17(23)12-6-3-4-7-13(12)26-18(15)19(22)24/h3-9,16H,1-2H3. The fourth-order valence-electron chi connectivity index (χ4n) is 3.39. The number of hydrogen-bond donors (Lipinski definition) is 0. The molecule has 1 amide bonds. The number of para-hydroxylation sites is 1. The summed E-state index contributed by atoms with van der Waals surface area (Å²) in [7, 11) is 0. The van der Waals surface area contributed by atoms with Gasteiger partial charge in [0.1, 0.15) is 17.4 Å². The molecule has 3 aromatic heterocycles. The molecule has 1 aliphatic heterocycles. The second kappa shape index (κ2) is 5.65. The Morgan fingerprint density at radius 3 is 2.63 bits per heavy atom. The highest BCUT2D eigenvalue weighted by molar-refractivity contribution is 7.15. The summed E-state index contributed by atoms with van der Waals surface area (Å²) in [5.74, 6) is 0.156. The summed E-state index contributed by atoms with van der Waals surface area (Å²) in [5.41, 5.74) is 1.30. The fourth-order valence-corrected chi connectivity index (χ4v) is 4.33. The Hall–Kier alpha value is -3.19. The van der Waals surface area contributed by atoms with E-state index in [2.05, 4.69) is 4.98 Å². The number of carbonyl (C=O) groups excluding carboxylic acids is 1. The molecular formula is C20H14N2O4S. The molecule has 7 heteroatoms. The van der Waals surface area contributed by atoms with Crippen LogP contribution >= 0.6 is 11.3 Å². The molecule has 1 aromatic carbocycles. The lowest BCUT2D eigenvalue weighted by atomic mass is 10.0. The van der Waals surface area contributed by atoms with Crippen molar-refractivity contribution in [3.8, 4) is 0 Å². The van der Waals surface area contributed by atoms with E-state index in [1.54, 1.807) is 36.4 Å². The molecule has 0 bridgehead atoms. The number of furan rings is 1. The average Bonchev–Trinajstić information content (AvgIpc) is 3.36. The van der Waals surface area contributed by atoms with Crippen LogP contribution in [0.1, 0.15) is 38.5 Å². The van der Waals surface area contributed by atoms with E-state index < -0.39 is 6.04 Å². The second-order valence-electron chi connectivity index (χ2n) is 6.40. The lowest BCUT2D eigenvalue weighted by Crippen LogP contribution is -2.29. The Morgan fingerprint density at radius 1 is 1.11 bits per heavy atom. The molecule has 0 radical (unpaired) electrons. The first-order valence-electron chi connectivity index (χ1n) is 8.43. The van der Waals surface area contributed by atoms with Gasteiger partial charge in [-0.25, -0.2) is 4.98 Å². The topological polar surface area (TPSA) is 76.6 Å². The van der Waals surface area contributed by atoms with Crippen LogP contribution in [0.3, 0.4) is 0 Å². The van der Waals surface area contributed by atoms with E-state index in [9.17, 15) is 9.59 Å². The molecule has 0 saturated heterocycles. The Balaban J connectivity index is 1.83. The summed E-state index contributed by atoms with van der Waals surface area (Å²) in [6.45, 7) is 3.84. The van der Waals surface area contributed by atoms with Crippen LogP contribution in [-0.4, -0.2) is 10.9 Å². The van der Waals surface area contributed by atoms with Gasteiger partial charge in [0.15, 0.2) is 10.6 Å². The molecule has 1 aliphatic rings. The molecule has 1 unspecified atom stereocenters. The lowest BCUT2D eigenvalue weighted by molar-refractivity contribution is 0.0969. The van der Waals surface area contributed by atoms with Gasteiger partial charge in [0.2, 0.25) is 5.76 Å². The van der Waals surface area contributed by atoms with Gasteiger partial charge in [0.05, 0.1) is 22.9 Å². The molecule has 134 valence electrons. The van der Waals surface area contributed by atoms with Gasteiger partial charge in [-0.05, 0) is 38.1 Å². The number of anilines is 1. The second-order valence-corrected chi connectivity index (χ2v) is 7.58. The highest BCUT2D eigenvalue weighted by Gasteiger charge is 2.46. The molecule has 6 nitrogen and oxygen atoms in total. The number of fused-ring (bicyclic) bond motifs is 2. The zero-order valence-electron chi connectivity index (χ0n) is 14.6. The third-order valence-electron chi connectivity index (χ3n) is 4.81. The third kappa shape index (κ3) is 2.21. The van der Waals surface area contributed by atoms with Crippen molar-refractivity contribution in [3.05, 3.63) is 80.5 Å². The van der Waals surface area contributed by atoms with E-state index in [0.717, 1.165) is 10.6 Å². The molecule has 1 atom stereocenters. The Labute approximate surface area is 157 Å². The number of amides is 1. The first kappa shape index (κ1) is 16.0. The van der Waals surface area contributed by atoms with Crippen molar-refractivity contribution in [2.75, 3.05) is 4.90 Å². The van der Waals surface area contributed by atoms with Gasteiger partial charge in [-0.2, -0.15) is 0 Å². The SMILES string of the molecule is Cc1nc(N2C(=O)c3oc4ccccc4c(=O)c3C2c2ccco2)sc1C. The Kier molecular flexibility index (Phi) is 3.35. The van der Waals surface area contributed by atoms with Crippen molar-refractivity contribution in [3.63, 3.8) is 0 Å². The number of aromatic nitrogens is 1. The van der Waals surface area contributed by atoms with Gasteiger partial charge < -0.3 is 8.83 Å². The van der Waals surface area contributed by atoms with E-state index in [1.165, 1.54) is 22.5 Å². The van der Waals surface area contributed by atoms with Crippen molar-refractivity contribution in [2.45, 2.75) is 19.9 Å². The van der Waals surface area contributed by atoms with Gasteiger partial charge >= 0.3 is 0 Å². The van der Waals surface area contributed by atoms with Crippen LogP contribution in [0.2, 0.25) is 0 Å². The van der Waals surface area contributed by atoms with E-state index in [1.807, 2.05) is 13.8 Å². The van der Waals surface area contributed by atoms with Gasteiger partial charge in [0.25, 0.3) is 5.91 Å². The zero-order chi connectivity index (χ0) is 18.7. The number of aryl methyl sites for hydroxylation is 2. The van der Waals surface area contributed by atoms with Crippen molar-refractivity contribution in [1.82, 2.24) is 4.98 Å². The minimum absolute atomic E-state index is 0.0469. The molecule has 0 N–H and O–H groups in total. The van der Waals surface area contributed by atoms with Crippen LogP contribution in [0.25, 0.3) is 11.0 Å². The monoisotopic (exact) mass is 378 g/mol. The summed E-state index contributed by atoms with van der Waals surface area (Å²) in [4.78, 5) is 33.5. The third-order valence-corrected chi connectivity index (χ3v) is 5.89. The number of carbonyl (C=O) groups is 1. The molecule has 0 spiro atoms. The van der Waals surface area contributed by atoms with E-state index in [0.29, 0.717) is 27.4 Å². The molecule has 4 aromatic rings. The maximum absolute atomic E-state index is 13.2. The number of nitrogens with zero attached hydrogens (tertiary/aromatic N) is 2. The van der Waals surface area contributed by atoms with Gasteiger partial charge in [-0.3, -0.25) is 14.5 Å². The lowest BCUT2D eigenvalue weighted by Gasteiger charge is -2.20. The van der Waals surface area contributed by atoms with Crippen molar-refractivity contribution in [1.29, 1.82) is 0 Å². The maximum atomic E-state index is 13.2. The molecule has 0 fully saturated rings. The predicted octanol–water partition coefficient (Wildman–Crippen LogP) is 4.21. The molecular weight excluding hydrogens is 364 g/mol. The van der Waals surface area contributed by atoms with Crippen LogP contribution in [0, 0.1) is 13.8 Å². The fraction of sp³-hybridized carbons (Fsp3) is 0.150. The summed E-state index contributed by atoms with van der Waals surface area (Å²) in [5, 5.41) is 0.959. The smallest absolute Gasteiger partial charge is 0.297 e. The zero-order valence-corrected chi connectivity index (χ0v) is 15.4. The van der Waals surface area contributed by atoms with Crippen LogP contribution < -0.4 is 10.3 Å². The number of rotatable bonds is 2. The normalized spacial score (nSPS) is 16.3. The largest absolute Gasteiger partial charge is 0.467 e. The summed E-state index contributed by atoms with van der Waals surface area (Å²) in [6.07, 6.45) is 1.52. The summed E-state index contributed by atoms with van der Waals surface area (Å²) >= 11 is 1.41. The predicted molar refractivity (Wildman–Crippen MR) is 101 cm³/mol. The quantitative estimate of drug-likeness (QED) is 0.522. The average molecular weight is 378 g/mol. The Morgan fingerprint density at radius 2 is 1.93 bits per heavy atom. The molecule has 0 saturated carbocycles. The van der Waals surface area contributed by atoms with Crippen molar-refractivity contribution >= 4 is 33.3 Å². The Bertz CT molecular complexity index is 1230. The van der Waals surface area contributed by atoms with E-state index in [4.69, 9.17) is 8.83 Å². The van der Waals surface area contributed by atoms with E-state index >= 15 is 0 Å². The van der Waals surface area contributed by atoms with Gasteiger partial charge in [0, 0.05) is 4.88 Å². The van der Waals surface area contributed by atoms with Crippen LogP contribution in [0.15, 0.2) is 56.3 Å². The molecule has 4 heterocycles. The molecule has 0 aliphatic carbocycles. The maximum Gasteiger partial charge on any atom is 0.297 e. The van der Waals surface area contributed by atoms with E-state index in [-0.39, 0.29) is 17.1 Å². The molecule has 5 rings (SSSR count). The van der Waals surface area contributed by atoms with Crippen LogP contribution in [-0.2, 0) is 0 Å². The number of benzene rings is 1. The van der Waals surface area contributed by atoms with Gasteiger partial charge in [-0.1, -0.05) is 12.1 Å². The number of hydrogen-bond acceptors (Lipinski definition) is 6. The number of thiazole rings is 1. The highest BCUT2D eigenvalue weighted by Crippen LogP contribution is 2.42. The van der Waals surface area contributed by atoms with Gasteiger partial charge in [-0.15, -0.1) is 11.3 Å². The first-order chi connectivity index (χ1) is 13.1. The first-order valence-corrected chi connectivity index (χ1v) is 9.24. The highest BCUT2D eigenvalue weighted by atomic mass is 32.1.